The van der Waals surface area contributed by atoms with E-state index in [9.17, 15) is 9.18 Å². The van der Waals surface area contributed by atoms with E-state index >= 15 is 0 Å². The molecular formula is C17H23FN4O3. The molecule has 8 heteroatoms. The Bertz CT molecular complexity index is 725. The van der Waals surface area contributed by atoms with E-state index in [0.717, 1.165) is 5.56 Å². The number of carbonyl (C=O) groups is 1. The van der Waals surface area contributed by atoms with Crippen LogP contribution in [-0.2, 0) is 17.8 Å². The third-order valence-corrected chi connectivity index (χ3v) is 3.11. The van der Waals surface area contributed by atoms with Crippen LogP contribution in [-0.4, -0.2) is 33.2 Å². The van der Waals surface area contributed by atoms with Gasteiger partial charge in [-0.05, 0) is 39.0 Å². The first kappa shape index (κ1) is 18.7. The van der Waals surface area contributed by atoms with Gasteiger partial charge in [0.15, 0.2) is 0 Å². The Balaban J connectivity index is 1.98. The van der Waals surface area contributed by atoms with Crippen LogP contribution in [0.15, 0.2) is 30.6 Å². The van der Waals surface area contributed by atoms with E-state index in [1.165, 1.54) is 12.1 Å². The zero-order valence-corrected chi connectivity index (χ0v) is 14.5. The van der Waals surface area contributed by atoms with Crippen molar-refractivity contribution in [2.75, 3.05) is 17.2 Å². The van der Waals surface area contributed by atoms with E-state index in [2.05, 4.69) is 15.7 Å². The highest BCUT2D eigenvalue weighted by molar-refractivity contribution is 5.85. The van der Waals surface area contributed by atoms with Gasteiger partial charge in [-0.3, -0.25) is 10.00 Å². The number of nitrogens with one attached hydrogen (secondary N) is 2. The summed E-state index contributed by atoms with van der Waals surface area (Å²) in [5, 5.41) is 18.5. The smallest absolute Gasteiger partial charge is 0.412 e. The summed E-state index contributed by atoms with van der Waals surface area (Å²) < 4.78 is 20.6. The number of carbonyl (C=O) groups excluding carboxylic acids is 1. The van der Waals surface area contributed by atoms with Crippen LogP contribution in [0.5, 0.6) is 0 Å². The second-order valence-corrected chi connectivity index (χ2v) is 6.51. The molecule has 25 heavy (non-hydrogen) atoms. The number of ether oxygens (including phenoxy) is 1. The van der Waals surface area contributed by atoms with Gasteiger partial charge in [-0.25, -0.2) is 9.18 Å². The molecule has 0 atom stereocenters. The molecule has 0 fully saturated rings. The monoisotopic (exact) mass is 350 g/mol. The second-order valence-electron chi connectivity index (χ2n) is 6.51. The van der Waals surface area contributed by atoms with Crippen molar-refractivity contribution in [1.29, 1.82) is 0 Å². The van der Waals surface area contributed by atoms with Gasteiger partial charge >= 0.3 is 6.09 Å². The average Bonchev–Trinajstić information content (AvgIpc) is 2.94. The highest BCUT2D eigenvalue weighted by Crippen LogP contribution is 2.21. The number of anilines is 2. The number of aliphatic hydroxyl groups excluding tert-OH is 1. The number of rotatable bonds is 6. The topological polar surface area (TPSA) is 88.4 Å². The maximum atomic E-state index is 13.9. The summed E-state index contributed by atoms with van der Waals surface area (Å²) in [4.78, 5) is 11.8. The fourth-order valence-electron chi connectivity index (χ4n) is 2.07. The van der Waals surface area contributed by atoms with Gasteiger partial charge in [0.2, 0.25) is 0 Å². The number of benzene rings is 1. The van der Waals surface area contributed by atoms with Gasteiger partial charge in [0.1, 0.15) is 11.4 Å². The normalized spacial score (nSPS) is 11.2. The molecular weight excluding hydrogens is 327 g/mol. The maximum absolute atomic E-state index is 13.9. The van der Waals surface area contributed by atoms with Crippen LogP contribution in [0.25, 0.3) is 0 Å². The summed E-state index contributed by atoms with van der Waals surface area (Å²) in [5.41, 5.74) is 0.933. The molecule has 1 heterocycles. The van der Waals surface area contributed by atoms with Gasteiger partial charge in [0.25, 0.3) is 0 Å². The number of halogens is 1. The lowest BCUT2D eigenvalue weighted by Crippen LogP contribution is -2.27. The minimum atomic E-state index is -0.714. The number of aliphatic hydroxyl groups is 1. The largest absolute Gasteiger partial charge is 0.444 e. The van der Waals surface area contributed by atoms with Crippen LogP contribution >= 0.6 is 0 Å². The molecule has 0 aliphatic carbocycles. The second kappa shape index (κ2) is 7.98. The van der Waals surface area contributed by atoms with Gasteiger partial charge < -0.3 is 15.2 Å². The summed E-state index contributed by atoms with van der Waals surface area (Å²) in [6.45, 7) is 6.13. The fourth-order valence-corrected chi connectivity index (χ4v) is 2.07. The van der Waals surface area contributed by atoms with Crippen molar-refractivity contribution in [3.05, 3.63) is 42.0 Å². The number of aromatic nitrogens is 2. The number of hydrogen-bond acceptors (Lipinski definition) is 5. The zero-order valence-electron chi connectivity index (χ0n) is 14.5. The summed E-state index contributed by atoms with van der Waals surface area (Å²) >= 11 is 0. The molecule has 0 spiro atoms. The molecule has 1 aromatic heterocycles. The van der Waals surface area contributed by atoms with Crippen LogP contribution in [0.1, 0.15) is 26.3 Å². The molecule has 3 N–H and O–H groups in total. The molecule has 7 nitrogen and oxygen atoms in total. The number of amides is 1. The predicted octanol–water partition coefficient (Wildman–Crippen LogP) is 2.97. The van der Waals surface area contributed by atoms with Gasteiger partial charge in [-0.1, -0.05) is 0 Å². The molecule has 1 aromatic carbocycles. The quantitative estimate of drug-likeness (QED) is 0.745. The Morgan fingerprint density at radius 2 is 2.16 bits per heavy atom. The van der Waals surface area contributed by atoms with Gasteiger partial charge in [-0.15, -0.1) is 0 Å². The van der Waals surface area contributed by atoms with E-state index in [1.54, 1.807) is 37.7 Å². The molecule has 0 unspecified atom stereocenters. The maximum Gasteiger partial charge on any atom is 0.412 e. The minimum Gasteiger partial charge on any atom is -0.444 e. The molecule has 1 amide bonds. The van der Waals surface area contributed by atoms with Crippen molar-refractivity contribution in [2.24, 2.45) is 0 Å². The van der Waals surface area contributed by atoms with Crippen molar-refractivity contribution >= 4 is 17.5 Å². The van der Waals surface area contributed by atoms with Gasteiger partial charge in [0.05, 0.1) is 25.0 Å². The number of hydrogen-bond donors (Lipinski definition) is 3. The lowest BCUT2D eigenvalue weighted by atomic mass is 10.2. The lowest BCUT2D eigenvalue weighted by Gasteiger charge is -2.20. The summed E-state index contributed by atoms with van der Waals surface area (Å²) in [6.07, 6.45) is 2.78. The fraction of sp³-hybridized carbons (Fsp3) is 0.412. The molecule has 0 saturated heterocycles. The molecule has 0 aliphatic heterocycles. The number of nitrogens with zero attached hydrogens (tertiary/aromatic N) is 2. The Kier molecular flexibility index (Phi) is 5.97. The van der Waals surface area contributed by atoms with Crippen LogP contribution < -0.4 is 10.6 Å². The van der Waals surface area contributed by atoms with Crippen molar-refractivity contribution < 1.29 is 19.0 Å². The standard InChI is InChI=1S/C17H23FN4O3/c1-17(2,3)25-16(24)21-15-8-13(4-5-14(15)18)19-9-12-10-20-22(11-12)6-7-23/h4-5,8,10-11,19,23H,6-7,9H2,1-3H3,(H,21,24). The zero-order chi connectivity index (χ0) is 18.4. The van der Waals surface area contributed by atoms with Crippen molar-refractivity contribution in [3.63, 3.8) is 0 Å². The first-order chi connectivity index (χ1) is 11.8. The third kappa shape index (κ3) is 6.07. The Morgan fingerprint density at radius 1 is 1.40 bits per heavy atom. The SMILES string of the molecule is CC(C)(C)OC(=O)Nc1cc(NCc2cnn(CCO)c2)ccc1F. The molecule has 2 aromatic rings. The van der Waals surface area contributed by atoms with Gasteiger partial charge in [-0.2, -0.15) is 5.10 Å². The first-order valence-electron chi connectivity index (χ1n) is 7.92. The molecule has 0 bridgehead atoms. The van der Waals surface area contributed by atoms with E-state index in [0.29, 0.717) is 18.8 Å². The molecule has 2 rings (SSSR count). The highest BCUT2D eigenvalue weighted by Gasteiger charge is 2.17. The summed E-state index contributed by atoms with van der Waals surface area (Å²) in [5.74, 6) is -0.549. The lowest BCUT2D eigenvalue weighted by molar-refractivity contribution is 0.0635. The minimum absolute atomic E-state index is 0.0200. The van der Waals surface area contributed by atoms with Crippen LogP contribution in [0.3, 0.4) is 0 Å². The van der Waals surface area contributed by atoms with Crippen LogP contribution in [0, 0.1) is 5.82 Å². The van der Waals surface area contributed by atoms with Crippen LogP contribution in [0.2, 0.25) is 0 Å². The van der Waals surface area contributed by atoms with E-state index in [1.807, 2.05) is 6.20 Å². The third-order valence-electron chi connectivity index (χ3n) is 3.11. The summed E-state index contributed by atoms with van der Waals surface area (Å²) in [6, 6.07) is 4.34. The highest BCUT2D eigenvalue weighted by atomic mass is 19.1. The molecule has 0 saturated carbocycles. The van der Waals surface area contributed by atoms with E-state index < -0.39 is 17.5 Å². The van der Waals surface area contributed by atoms with Gasteiger partial charge in [0, 0.05) is 24.0 Å². The Labute approximate surface area is 145 Å². The van der Waals surface area contributed by atoms with Crippen molar-refractivity contribution in [2.45, 2.75) is 39.5 Å². The van der Waals surface area contributed by atoms with E-state index in [4.69, 9.17) is 9.84 Å². The Morgan fingerprint density at radius 3 is 2.84 bits per heavy atom. The average molecular weight is 350 g/mol. The molecule has 136 valence electrons. The van der Waals surface area contributed by atoms with Crippen LogP contribution in [0.4, 0.5) is 20.6 Å². The first-order valence-corrected chi connectivity index (χ1v) is 7.92. The molecule has 0 radical (unpaired) electrons. The molecule has 0 aliphatic rings. The predicted molar refractivity (Wildman–Crippen MR) is 92.9 cm³/mol. The van der Waals surface area contributed by atoms with E-state index in [-0.39, 0.29) is 12.3 Å². The van der Waals surface area contributed by atoms with Crippen molar-refractivity contribution in [1.82, 2.24) is 9.78 Å². The Hall–Kier alpha value is -2.61. The summed E-state index contributed by atoms with van der Waals surface area (Å²) in [7, 11) is 0. The van der Waals surface area contributed by atoms with Crippen molar-refractivity contribution in [3.8, 4) is 0 Å².